The normalized spacial score (nSPS) is 14.8. The van der Waals surface area contributed by atoms with Crippen LogP contribution < -0.4 is 4.74 Å². The van der Waals surface area contributed by atoms with Crippen LogP contribution in [0.5, 0.6) is 5.75 Å². The van der Waals surface area contributed by atoms with Crippen molar-refractivity contribution < 1.29 is 18.4 Å². The molecule has 1 heterocycles. The molecule has 0 bridgehead atoms. The van der Waals surface area contributed by atoms with Gasteiger partial charge in [0.05, 0.1) is 17.4 Å². The second-order valence-electron chi connectivity index (χ2n) is 4.79. The number of nitriles is 1. The molecule has 2 rings (SSSR count). The third kappa shape index (κ3) is 3.60. The highest BCUT2D eigenvalue weighted by Crippen LogP contribution is 2.40. The van der Waals surface area contributed by atoms with Crippen LogP contribution in [0.25, 0.3) is 5.57 Å². The van der Waals surface area contributed by atoms with E-state index < -0.39 is 11.0 Å². The zero-order chi connectivity index (χ0) is 17.2. The molecular formula is C14H11F2N3O3S. The Hall–Kier alpha value is -2.60. The molecule has 1 aromatic rings. The van der Waals surface area contributed by atoms with E-state index in [1.807, 2.05) is 6.07 Å². The van der Waals surface area contributed by atoms with Gasteiger partial charge in [0.15, 0.2) is 0 Å². The molecule has 120 valence electrons. The number of benzene rings is 1. The minimum absolute atomic E-state index is 0.0320. The molecule has 6 nitrogen and oxygen atoms in total. The fourth-order valence-corrected chi connectivity index (χ4v) is 2.31. The summed E-state index contributed by atoms with van der Waals surface area (Å²) in [6.07, 6.45) is -2.87. The molecule has 0 spiro atoms. The molecule has 0 aliphatic carbocycles. The van der Waals surface area contributed by atoms with E-state index in [1.54, 1.807) is 7.05 Å². The van der Waals surface area contributed by atoms with Crippen molar-refractivity contribution in [1.82, 2.24) is 4.90 Å². The molecule has 0 unspecified atom stereocenters. The van der Waals surface area contributed by atoms with Crippen molar-refractivity contribution in [2.75, 3.05) is 13.6 Å². The van der Waals surface area contributed by atoms with Gasteiger partial charge in [0, 0.05) is 42.9 Å². The fourth-order valence-electron chi connectivity index (χ4n) is 2.05. The van der Waals surface area contributed by atoms with Gasteiger partial charge in [-0.3, -0.25) is 10.1 Å². The molecule has 1 aliphatic heterocycles. The lowest BCUT2D eigenvalue weighted by Gasteiger charge is -2.28. The number of hydrogen-bond acceptors (Lipinski definition) is 5. The first-order valence-electron chi connectivity index (χ1n) is 6.46. The Morgan fingerprint density at radius 1 is 1.57 bits per heavy atom. The van der Waals surface area contributed by atoms with Gasteiger partial charge in [-0.25, -0.2) is 0 Å². The average Bonchev–Trinajstić information content (AvgIpc) is 2.49. The molecule has 0 atom stereocenters. The Morgan fingerprint density at radius 2 is 2.26 bits per heavy atom. The lowest BCUT2D eigenvalue weighted by molar-refractivity contribution is -0.384. The number of nitro benzene ring substituents is 1. The summed E-state index contributed by atoms with van der Waals surface area (Å²) < 4.78 is 31.9. The molecule has 0 saturated carbocycles. The van der Waals surface area contributed by atoms with Gasteiger partial charge in [0.2, 0.25) is 0 Å². The Balaban J connectivity index is 2.47. The summed E-state index contributed by atoms with van der Waals surface area (Å²) in [5.74, 6) is -0.186. The highest BCUT2D eigenvalue weighted by Gasteiger charge is 2.37. The van der Waals surface area contributed by atoms with Crippen molar-refractivity contribution in [3.8, 4) is 11.8 Å². The third-order valence-corrected chi connectivity index (χ3v) is 3.69. The molecule has 0 N–H and O–H groups in total. The summed E-state index contributed by atoms with van der Waals surface area (Å²) in [6.45, 7) is 0.253. The maximum atomic E-state index is 13.7. The molecular weight excluding hydrogens is 328 g/mol. The Kier molecular flexibility index (Phi) is 4.56. The average molecular weight is 339 g/mol. The van der Waals surface area contributed by atoms with E-state index in [2.05, 4.69) is 4.74 Å². The summed E-state index contributed by atoms with van der Waals surface area (Å²) >= 11 is 5.19. The van der Waals surface area contributed by atoms with E-state index in [0.717, 1.165) is 18.2 Å². The van der Waals surface area contributed by atoms with Crippen LogP contribution in [0, 0.1) is 21.4 Å². The Morgan fingerprint density at radius 3 is 2.87 bits per heavy atom. The smallest absolute Gasteiger partial charge is 0.420 e. The lowest BCUT2D eigenvalue weighted by atomic mass is 10.0. The number of alkyl halides is 2. The van der Waals surface area contributed by atoms with Crippen LogP contribution in [-0.4, -0.2) is 34.5 Å². The first-order chi connectivity index (χ1) is 10.7. The molecule has 9 heteroatoms. The number of nitrogens with zero attached hydrogens (tertiary/aromatic N) is 3. The van der Waals surface area contributed by atoms with Crippen molar-refractivity contribution in [3.05, 3.63) is 40.0 Å². The van der Waals surface area contributed by atoms with E-state index in [0.29, 0.717) is 6.08 Å². The summed E-state index contributed by atoms with van der Waals surface area (Å²) in [6, 6.07) is 5.27. The lowest BCUT2D eigenvalue weighted by Crippen LogP contribution is -2.32. The second-order valence-corrected chi connectivity index (χ2v) is 5.18. The van der Waals surface area contributed by atoms with Crippen LogP contribution in [0.1, 0.15) is 12.0 Å². The number of ether oxygens (including phenoxy) is 1. The molecule has 0 aromatic heterocycles. The van der Waals surface area contributed by atoms with Crippen LogP contribution in [0.15, 0.2) is 24.3 Å². The van der Waals surface area contributed by atoms with E-state index in [-0.39, 0.29) is 40.5 Å². The number of likely N-dealkylation sites (N-methyl/N-ethyl adjacent to an activating group) is 1. The summed E-state index contributed by atoms with van der Waals surface area (Å²) in [7, 11) is 1.56. The highest BCUT2D eigenvalue weighted by molar-refractivity contribution is 7.81. The predicted octanol–water partition coefficient (Wildman–Crippen LogP) is 3.14. The summed E-state index contributed by atoms with van der Waals surface area (Å²) in [5, 5.41) is 19.5. The minimum Gasteiger partial charge on any atom is -0.429 e. The van der Waals surface area contributed by atoms with Crippen molar-refractivity contribution in [2.45, 2.75) is 12.5 Å². The number of non-ortho nitro benzene ring substituents is 1. The second kappa shape index (κ2) is 6.26. The highest BCUT2D eigenvalue weighted by atomic mass is 32.1. The zero-order valence-electron chi connectivity index (χ0n) is 12.0. The fraction of sp³-hybridized carbons (Fsp3) is 0.286. The molecule has 0 saturated heterocycles. The van der Waals surface area contributed by atoms with Crippen LogP contribution in [0.3, 0.4) is 0 Å². The number of nitro groups is 1. The van der Waals surface area contributed by atoms with Crippen LogP contribution in [0.2, 0.25) is 0 Å². The Labute approximate surface area is 135 Å². The van der Waals surface area contributed by atoms with Crippen LogP contribution >= 0.6 is 12.2 Å². The molecule has 23 heavy (non-hydrogen) atoms. The van der Waals surface area contributed by atoms with E-state index in [1.165, 1.54) is 4.90 Å². The van der Waals surface area contributed by atoms with E-state index in [4.69, 9.17) is 17.5 Å². The summed E-state index contributed by atoms with van der Waals surface area (Å²) in [5.41, 5.74) is -0.166. The van der Waals surface area contributed by atoms with Crippen LogP contribution in [-0.2, 0) is 0 Å². The monoisotopic (exact) mass is 339 g/mol. The van der Waals surface area contributed by atoms with Gasteiger partial charge in [0.25, 0.3) is 5.69 Å². The van der Waals surface area contributed by atoms with Crippen LogP contribution in [0.4, 0.5) is 14.5 Å². The third-order valence-electron chi connectivity index (χ3n) is 3.16. The van der Waals surface area contributed by atoms with Gasteiger partial charge in [-0.1, -0.05) is 12.2 Å². The largest absolute Gasteiger partial charge is 0.429 e. The number of fused-ring (bicyclic) bond motifs is 1. The quantitative estimate of drug-likeness (QED) is 0.476. The van der Waals surface area contributed by atoms with Gasteiger partial charge in [-0.2, -0.15) is 14.0 Å². The predicted molar refractivity (Wildman–Crippen MR) is 82.1 cm³/mol. The van der Waals surface area contributed by atoms with Gasteiger partial charge in [-0.05, 0) is 6.07 Å². The topological polar surface area (TPSA) is 79.4 Å². The first kappa shape index (κ1) is 16.8. The van der Waals surface area contributed by atoms with Crippen molar-refractivity contribution >= 4 is 28.5 Å². The van der Waals surface area contributed by atoms with Crippen molar-refractivity contribution in [3.63, 3.8) is 0 Å². The number of thiocarbonyl (C=S) groups is 1. The molecule has 1 aliphatic rings. The van der Waals surface area contributed by atoms with Crippen molar-refractivity contribution in [2.24, 2.45) is 0 Å². The SMILES string of the molecule is CN(CCC#N)C(=S)C1=CC(F)(F)Oc2ccc([N+](=O)[O-])cc21. The molecule has 0 amide bonds. The van der Waals surface area contributed by atoms with E-state index in [9.17, 15) is 18.9 Å². The Bertz CT molecular complexity index is 743. The molecule has 0 radical (unpaired) electrons. The van der Waals surface area contributed by atoms with E-state index >= 15 is 0 Å². The number of halogens is 2. The molecule has 1 aromatic carbocycles. The maximum Gasteiger partial charge on any atom is 0.420 e. The zero-order valence-corrected chi connectivity index (χ0v) is 12.8. The number of rotatable bonds is 4. The first-order valence-corrected chi connectivity index (χ1v) is 6.87. The molecule has 0 fully saturated rings. The van der Waals surface area contributed by atoms with Gasteiger partial charge in [0.1, 0.15) is 10.7 Å². The standard InChI is InChI=1S/C14H11F2N3O3S/c1-18(6-2-5-17)13(23)11-8-14(15,16)22-12-4-3-9(19(20)21)7-10(11)12/h3-4,7-8H,2,6H2,1H3. The number of hydrogen-bond donors (Lipinski definition) is 0. The van der Waals surface area contributed by atoms with Crippen molar-refractivity contribution in [1.29, 1.82) is 5.26 Å². The minimum atomic E-state index is -3.57. The van der Waals surface area contributed by atoms with Gasteiger partial charge in [-0.15, -0.1) is 0 Å². The maximum absolute atomic E-state index is 13.7. The summed E-state index contributed by atoms with van der Waals surface area (Å²) in [4.78, 5) is 11.8. The van der Waals surface area contributed by atoms with Gasteiger partial charge >= 0.3 is 6.11 Å². The van der Waals surface area contributed by atoms with Gasteiger partial charge < -0.3 is 9.64 Å².